The molecule has 0 aliphatic rings. The molecule has 0 aromatic carbocycles. The molecule has 46 heavy (non-hydrogen) atoms. The lowest BCUT2D eigenvalue weighted by Gasteiger charge is -2.17. The van der Waals surface area contributed by atoms with Crippen LogP contribution in [0.2, 0.25) is 0 Å². The second-order valence-corrected chi connectivity index (χ2v) is 14.7. The molecule has 0 heterocycles. The summed E-state index contributed by atoms with van der Waals surface area (Å²) in [6.07, 6.45) is 50.5. The smallest absolute Gasteiger partial charge is 0.224 e. The second kappa shape index (κ2) is 38.6. The van der Waals surface area contributed by atoms with E-state index in [1.165, 1.54) is 211 Å². The van der Waals surface area contributed by atoms with Gasteiger partial charge in [-0.2, -0.15) is 0 Å². The van der Waals surface area contributed by atoms with E-state index in [0.29, 0.717) is 6.42 Å². The van der Waals surface area contributed by atoms with E-state index in [1.807, 2.05) is 0 Å². The normalized spacial score (nSPS) is 12.6. The maximum atomic E-state index is 12.2. The number of rotatable bonds is 39. The first-order valence-electron chi connectivity index (χ1n) is 21.3. The molecule has 0 saturated carbocycles. The molecule has 1 atom stereocenters. The maximum absolute atomic E-state index is 12.2. The van der Waals surface area contributed by atoms with Crippen molar-refractivity contribution < 1.29 is 9.90 Å². The number of carbonyl (C=O) groups is 1. The van der Waals surface area contributed by atoms with Gasteiger partial charge in [0.05, 0.1) is 5.92 Å². The van der Waals surface area contributed by atoms with Crippen LogP contribution in [0.3, 0.4) is 0 Å². The largest absolute Gasteiger partial charge is 0.396 e. The van der Waals surface area contributed by atoms with E-state index in [4.69, 9.17) is 5.73 Å². The molecule has 3 heteroatoms. The average Bonchev–Trinajstić information content (AvgIpc) is 3.05. The zero-order valence-electron chi connectivity index (χ0n) is 31.8. The number of primary amides is 1. The van der Waals surface area contributed by atoms with Crippen LogP contribution in [0.1, 0.15) is 245 Å². The fourth-order valence-electron chi connectivity index (χ4n) is 7.09. The van der Waals surface area contributed by atoms with Crippen molar-refractivity contribution in [3.8, 4) is 0 Å². The number of aliphatic hydroxyl groups is 1. The molecule has 0 bridgehead atoms. The van der Waals surface area contributed by atoms with Crippen LogP contribution in [0.4, 0.5) is 0 Å². The number of hydrogen-bond acceptors (Lipinski definition) is 2. The van der Waals surface area contributed by atoms with Gasteiger partial charge in [-0.1, -0.05) is 225 Å². The van der Waals surface area contributed by atoms with Crippen LogP contribution in [0, 0.1) is 5.92 Å². The Kier molecular flexibility index (Phi) is 37.9. The van der Waals surface area contributed by atoms with Crippen LogP contribution in [0.25, 0.3) is 0 Å². The Morgan fingerprint density at radius 3 is 1.04 bits per heavy atom. The fourth-order valence-corrected chi connectivity index (χ4v) is 7.09. The van der Waals surface area contributed by atoms with Gasteiger partial charge in [0.15, 0.2) is 0 Å². The highest BCUT2D eigenvalue weighted by Gasteiger charge is 2.19. The summed E-state index contributed by atoms with van der Waals surface area (Å²) in [7, 11) is 0. The van der Waals surface area contributed by atoms with Crippen molar-refractivity contribution >= 4 is 5.91 Å². The molecular weight excluding hydrogens is 562 g/mol. The van der Waals surface area contributed by atoms with E-state index in [9.17, 15) is 9.90 Å². The summed E-state index contributed by atoms with van der Waals surface area (Å²) in [5, 5.41) is 9.53. The maximum Gasteiger partial charge on any atom is 0.224 e. The van der Waals surface area contributed by atoms with Crippen LogP contribution in [-0.2, 0) is 4.79 Å². The Morgan fingerprint density at radius 1 is 0.478 bits per heavy atom. The highest BCUT2D eigenvalue weighted by atomic mass is 16.3. The predicted octanol–water partition coefficient (Wildman–Crippen LogP) is 14.1. The SMILES string of the molecule is CCCCCCCCCCCCCCCCCCCCCCC=C(CCCCCCCCCCCCCCC)C(CCO)C(N)=O. The number of allylic oxidation sites excluding steroid dienone is 1. The minimum atomic E-state index is -0.285. The van der Waals surface area contributed by atoms with Crippen molar-refractivity contribution in [2.45, 2.75) is 245 Å². The van der Waals surface area contributed by atoms with Crippen LogP contribution < -0.4 is 5.73 Å². The standard InChI is InChI=1S/C43H85NO2/c1-3-5-7-9-11-13-15-17-18-19-20-21-22-23-24-26-28-30-32-34-36-38-41(42(39-40-45)43(44)46)37-35-33-31-29-27-25-16-14-12-10-8-6-4-2/h38,42,45H,3-37,39-40H2,1-2H3,(H2,44,46). The summed E-state index contributed by atoms with van der Waals surface area (Å²) >= 11 is 0. The third-order valence-electron chi connectivity index (χ3n) is 10.2. The van der Waals surface area contributed by atoms with E-state index in [2.05, 4.69) is 19.9 Å². The topological polar surface area (TPSA) is 63.3 Å². The van der Waals surface area contributed by atoms with Crippen molar-refractivity contribution in [3.63, 3.8) is 0 Å². The van der Waals surface area contributed by atoms with Gasteiger partial charge < -0.3 is 10.8 Å². The quantitative estimate of drug-likeness (QED) is 0.0515. The van der Waals surface area contributed by atoms with E-state index < -0.39 is 0 Å². The number of unbranched alkanes of at least 4 members (excludes halogenated alkanes) is 32. The molecule has 0 spiro atoms. The molecule has 274 valence electrons. The van der Waals surface area contributed by atoms with Gasteiger partial charge in [-0.05, 0) is 32.1 Å². The Hall–Kier alpha value is -0.830. The van der Waals surface area contributed by atoms with Crippen LogP contribution in [-0.4, -0.2) is 17.6 Å². The molecule has 0 aromatic rings. The first kappa shape index (κ1) is 45.2. The molecule has 1 unspecified atom stereocenters. The molecule has 0 fully saturated rings. The summed E-state index contributed by atoms with van der Waals surface area (Å²) in [6.45, 7) is 4.61. The van der Waals surface area contributed by atoms with Gasteiger partial charge in [0.25, 0.3) is 0 Å². The van der Waals surface area contributed by atoms with E-state index >= 15 is 0 Å². The molecule has 0 aromatic heterocycles. The van der Waals surface area contributed by atoms with Gasteiger partial charge >= 0.3 is 0 Å². The highest BCUT2D eigenvalue weighted by molar-refractivity contribution is 5.79. The summed E-state index contributed by atoms with van der Waals surface area (Å²) in [4.78, 5) is 12.2. The minimum Gasteiger partial charge on any atom is -0.396 e. The molecule has 1 amide bonds. The number of nitrogens with two attached hydrogens (primary N) is 1. The summed E-state index contributed by atoms with van der Waals surface area (Å²) < 4.78 is 0. The summed E-state index contributed by atoms with van der Waals surface area (Å²) in [5.74, 6) is -0.550. The Balaban J connectivity index is 3.81. The summed E-state index contributed by atoms with van der Waals surface area (Å²) in [5.41, 5.74) is 6.95. The van der Waals surface area contributed by atoms with E-state index in [0.717, 1.165) is 19.3 Å². The number of carbonyl (C=O) groups excluding carboxylic acids is 1. The Labute approximate surface area is 290 Å². The zero-order valence-corrected chi connectivity index (χ0v) is 31.8. The molecule has 3 nitrogen and oxygen atoms in total. The Bertz CT molecular complexity index is 630. The zero-order chi connectivity index (χ0) is 33.6. The molecular formula is C43H85NO2. The number of aliphatic hydroxyl groups excluding tert-OH is 1. The molecule has 0 aliphatic heterocycles. The van der Waals surface area contributed by atoms with E-state index in [-0.39, 0.29) is 18.4 Å². The molecule has 0 rings (SSSR count). The lowest BCUT2D eigenvalue weighted by atomic mass is 9.89. The fraction of sp³-hybridized carbons (Fsp3) is 0.930. The van der Waals surface area contributed by atoms with Crippen molar-refractivity contribution in [3.05, 3.63) is 11.6 Å². The van der Waals surface area contributed by atoms with Crippen molar-refractivity contribution in [2.24, 2.45) is 11.7 Å². The summed E-state index contributed by atoms with van der Waals surface area (Å²) in [6, 6.07) is 0. The minimum absolute atomic E-state index is 0.0306. The average molecular weight is 648 g/mol. The first-order chi connectivity index (χ1) is 22.7. The molecule has 0 radical (unpaired) electrons. The van der Waals surface area contributed by atoms with Gasteiger partial charge in [0.2, 0.25) is 5.91 Å². The van der Waals surface area contributed by atoms with Gasteiger partial charge in [0, 0.05) is 6.61 Å². The molecule has 0 aliphatic carbocycles. The predicted molar refractivity (Wildman–Crippen MR) is 205 cm³/mol. The lowest BCUT2D eigenvalue weighted by molar-refractivity contribution is -0.121. The highest BCUT2D eigenvalue weighted by Crippen LogP contribution is 2.24. The van der Waals surface area contributed by atoms with Crippen molar-refractivity contribution in [1.82, 2.24) is 0 Å². The Morgan fingerprint density at radius 2 is 0.761 bits per heavy atom. The van der Waals surface area contributed by atoms with E-state index in [1.54, 1.807) is 0 Å². The lowest BCUT2D eigenvalue weighted by Crippen LogP contribution is -2.26. The van der Waals surface area contributed by atoms with Crippen LogP contribution >= 0.6 is 0 Å². The number of amides is 1. The molecule has 3 N–H and O–H groups in total. The van der Waals surface area contributed by atoms with Crippen molar-refractivity contribution in [2.75, 3.05) is 6.61 Å². The van der Waals surface area contributed by atoms with Gasteiger partial charge in [-0.25, -0.2) is 0 Å². The van der Waals surface area contributed by atoms with Crippen LogP contribution in [0.5, 0.6) is 0 Å². The van der Waals surface area contributed by atoms with Gasteiger partial charge in [0.1, 0.15) is 0 Å². The van der Waals surface area contributed by atoms with Gasteiger partial charge in [-0.3, -0.25) is 4.79 Å². The van der Waals surface area contributed by atoms with Crippen molar-refractivity contribution in [1.29, 1.82) is 0 Å². The number of hydrogen-bond donors (Lipinski definition) is 2. The first-order valence-corrected chi connectivity index (χ1v) is 21.3. The molecule has 0 saturated heterocycles. The monoisotopic (exact) mass is 648 g/mol. The second-order valence-electron chi connectivity index (χ2n) is 14.7. The van der Waals surface area contributed by atoms with Gasteiger partial charge in [-0.15, -0.1) is 0 Å². The van der Waals surface area contributed by atoms with Crippen LogP contribution in [0.15, 0.2) is 11.6 Å². The third-order valence-corrected chi connectivity index (χ3v) is 10.2. The third kappa shape index (κ3) is 33.1.